The molecule has 25 heavy (non-hydrogen) atoms. The number of hydrogen-bond acceptors (Lipinski definition) is 4. The summed E-state index contributed by atoms with van der Waals surface area (Å²) >= 11 is 18.0. The zero-order valence-electron chi connectivity index (χ0n) is 12.9. The first kappa shape index (κ1) is 18.6. The van der Waals surface area contributed by atoms with E-state index in [2.05, 4.69) is 5.32 Å². The van der Waals surface area contributed by atoms with Crippen molar-refractivity contribution in [3.8, 4) is 0 Å². The van der Waals surface area contributed by atoms with Gasteiger partial charge in [0.1, 0.15) is 0 Å². The van der Waals surface area contributed by atoms with Crippen LogP contribution in [0.4, 0.5) is 11.4 Å². The number of carbonyl (C=O) groups is 1. The van der Waals surface area contributed by atoms with Crippen molar-refractivity contribution in [2.45, 2.75) is 6.42 Å². The predicted molar refractivity (Wildman–Crippen MR) is 106 cm³/mol. The molecule has 9 heteroatoms. The maximum Gasteiger partial charge on any atom is 0.257 e. The van der Waals surface area contributed by atoms with E-state index in [-0.39, 0.29) is 10.6 Å². The molecule has 0 saturated carbocycles. The highest BCUT2D eigenvalue weighted by Crippen LogP contribution is 2.51. The molecule has 0 aliphatic carbocycles. The molecule has 1 saturated heterocycles. The van der Waals surface area contributed by atoms with E-state index in [9.17, 15) is 13.9 Å². The van der Waals surface area contributed by atoms with Crippen molar-refractivity contribution in [3.63, 3.8) is 0 Å². The Morgan fingerprint density at radius 1 is 1.04 bits per heavy atom. The predicted octanol–water partition coefficient (Wildman–Crippen LogP) is 5.77. The summed E-state index contributed by atoms with van der Waals surface area (Å²) in [5.74, 6) is -0.110. The van der Waals surface area contributed by atoms with E-state index in [1.807, 2.05) is 0 Å². The summed E-state index contributed by atoms with van der Waals surface area (Å²) < 4.78 is 21.7. The Morgan fingerprint density at radius 3 is 2.40 bits per heavy atom. The number of hydrogen-bond donors (Lipinski definition) is 3. The molecule has 0 atom stereocenters. The van der Waals surface area contributed by atoms with E-state index in [1.54, 1.807) is 30.3 Å². The van der Waals surface area contributed by atoms with E-state index in [0.717, 1.165) is 0 Å². The quantitative estimate of drug-likeness (QED) is 0.588. The van der Waals surface area contributed by atoms with Crippen LogP contribution < -0.4 is 9.62 Å². The molecule has 1 fully saturated rings. The van der Waals surface area contributed by atoms with Gasteiger partial charge in [-0.15, -0.1) is 10.8 Å². The molecule has 0 unspecified atom stereocenters. The number of rotatable bonds is 3. The topological polar surface area (TPSA) is 72.8 Å². The van der Waals surface area contributed by atoms with Gasteiger partial charge in [0.05, 0.1) is 32.1 Å². The first-order valence-corrected chi connectivity index (χ1v) is 10.2. The number of benzene rings is 2. The normalized spacial score (nSPS) is 17.4. The third-order valence-corrected chi connectivity index (χ3v) is 6.80. The molecule has 3 rings (SSSR count). The standard InChI is InChI=1S/C16H15Cl3N2O3S/c17-13-5-3-11(21-6-1-7-25(21,23)24)9-12(13)16(22)20-10-2-4-14(18)15(19)8-10/h2-5,8-9,23-24H,1,6-7H2,(H,20,22). The highest BCUT2D eigenvalue weighted by molar-refractivity contribution is 8.25. The average Bonchev–Trinajstić information content (AvgIpc) is 2.91. The zero-order valence-corrected chi connectivity index (χ0v) is 16.0. The molecule has 0 aromatic heterocycles. The summed E-state index contributed by atoms with van der Waals surface area (Å²) in [7, 11) is -2.84. The van der Waals surface area contributed by atoms with Crippen LogP contribution in [0.2, 0.25) is 15.1 Å². The van der Waals surface area contributed by atoms with Crippen LogP contribution in [0, 0.1) is 0 Å². The fourth-order valence-electron chi connectivity index (χ4n) is 2.57. The zero-order chi connectivity index (χ0) is 18.2. The summed E-state index contributed by atoms with van der Waals surface area (Å²) in [6.07, 6.45) is 0.676. The molecule has 0 bridgehead atoms. The van der Waals surface area contributed by atoms with Crippen molar-refractivity contribution in [2.75, 3.05) is 21.9 Å². The first-order chi connectivity index (χ1) is 11.8. The number of halogens is 3. The molecule has 134 valence electrons. The Balaban J connectivity index is 1.87. The fourth-order valence-corrected chi connectivity index (χ4v) is 4.68. The lowest BCUT2D eigenvalue weighted by Crippen LogP contribution is -2.22. The molecule has 2 aromatic rings. The van der Waals surface area contributed by atoms with E-state index in [1.165, 1.54) is 10.4 Å². The van der Waals surface area contributed by atoms with Crippen LogP contribution in [0.3, 0.4) is 0 Å². The Hall–Kier alpha value is -1.15. The van der Waals surface area contributed by atoms with Crippen LogP contribution in [0.5, 0.6) is 0 Å². The molecule has 1 heterocycles. The lowest BCUT2D eigenvalue weighted by molar-refractivity contribution is 0.102. The van der Waals surface area contributed by atoms with Crippen LogP contribution >= 0.6 is 45.6 Å². The lowest BCUT2D eigenvalue weighted by Gasteiger charge is -2.38. The molecular formula is C16H15Cl3N2O3S. The molecule has 0 spiro atoms. The van der Waals surface area contributed by atoms with Crippen LogP contribution in [-0.4, -0.2) is 27.3 Å². The largest absolute Gasteiger partial charge is 0.322 e. The second-order valence-electron chi connectivity index (χ2n) is 5.54. The molecule has 1 aliphatic heterocycles. The third kappa shape index (κ3) is 4.00. The van der Waals surface area contributed by atoms with E-state index in [0.29, 0.717) is 40.1 Å². The molecule has 5 nitrogen and oxygen atoms in total. The van der Waals surface area contributed by atoms with Crippen molar-refractivity contribution in [2.24, 2.45) is 0 Å². The summed E-state index contributed by atoms with van der Waals surface area (Å²) in [5.41, 5.74) is 1.25. The van der Waals surface area contributed by atoms with Crippen molar-refractivity contribution < 1.29 is 13.9 Å². The third-order valence-electron chi connectivity index (χ3n) is 3.79. The summed E-state index contributed by atoms with van der Waals surface area (Å²) in [4.78, 5) is 12.6. The number of anilines is 2. The number of amides is 1. The number of carbonyl (C=O) groups excluding carboxylic acids is 1. The second-order valence-corrected chi connectivity index (χ2v) is 8.87. The van der Waals surface area contributed by atoms with Crippen LogP contribution in [-0.2, 0) is 0 Å². The van der Waals surface area contributed by atoms with Gasteiger partial charge in [-0.2, -0.15) is 0 Å². The molecule has 0 radical (unpaired) electrons. The van der Waals surface area contributed by atoms with Gasteiger partial charge in [0, 0.05) is 12.2 Å². The molecule has 3 N–H and O–H groups in total. The smallest absolute Gasteiger partial charge is 0.257 e. The highest BCUT2D eigenvalue weighted by Gasteiger charge is 2.29. The second kappa shape index (κ2) is 7.23. The lowest BCUT2D eigenvalue weighted by atomic mass is 10.1. The van der Waals surface area contributed by atoms with Gasteiger partial charge >= 0.3 is 0 Å². The molecule has 2 aromatic carbocycles. The minimum Gasteiger partial charge on any atom is -0.322 e. The van der Waals surface area contributed by atoms with Gasteiger partial charge < -0.3 is 5.32 Å². The van der Waals surface area contributed by atoms with Gasteiger partial charge in [-0.05, 0) is 42.8 Å². The molecule has 1 aliphatic rings. The first-order valence-electron chi connectivity index (χ1n) is 7.37. The van der Waals surface area contributed by atoms with Gasteiger partial charge in [-0.25, -0.2) is 0 Å². The van der Waals surface area contributed by atoms with Crippen LogP contribution in [0.15, 0.2) is 36.4 Å². The van der Waals surface area contributed by atoms with Crippen molar-refractivity contribution in [1.29, 1.82) is 0 Å². The highest BCUT2D eigenvalue weighted by atomic mass is 35.5. The summed E-state index contributed by atoms with van der Waals surface area (Å²) in [5, 5.41) is 3.68. The monoisotopic (exact) mass is 420 g/mol. The average molecular weight is 422 g/mol. The Labute approximate surface area is 162 Å². The van der Waals surface area contributed by atoms with Gasteiger partial charge in [-0.1, -0.05) is 34.8 Å². The Bertz CT molecular complexity index is 832. The summed E-state index contributed by atoms with van der Waals surface area (Å²) in [6.45, 7) is 0.512. The van der Waals surface area contributed by atoms with Gasteiger partial charge in [0.25, 0.3) is 5.91 Å². The van der Waals surface area contributed by atoms with Gasteiger partial charge in [0.15, 0.2) is 0 Å². The van der Waals surface area contributed by atoms with E-state index >= 15 is 0 Å². The van der Waals surface area contributed by atoms with Gasteiger partial charge in [0.2, 0.25) is 0 Å². The maximum atomic E-state index is 12.6. The minimum absolute atomic E-state index is 0.229. The maximum absolute atomic E-state index is 12.6. The van der Waals surface area contributed by atoms with E-state index in [4.69, 9.17) is 34.8 Å². The van der Waals surface area contributed by atoms with Crippen molar-refractivity contribution in [1.82, 2.24) is 0 Å². The van der Waals surface area contributed by atoms with Crippen LogP contribution in [0.25, 0.3) is 0 Å². The van der Waals surface area contributed by atoms with Crippen molar-refractivity contribution in [3.05, 3.63) is 57.0 Å². The number of nitrogens with zero attached hydrogens (tertiary/aromatic N) is 1. The van der Waals surface area contributed by atoms with Crippen LogP contribution in [0.1, 0.15) is 16.8 Å². The van der Waals surface area contributed by atoms with Crippen molar-refractivity contribution >= 4 is 62.9 Å². The molecular weight excluding hydrogens is 407 g/mol. The van der Waals surface area contributed by atoms with Gasteiger partial charge in [-0.3, -0.25) is 18.2 Å². The van der Waals surface area contributed by atoms with E-state index < -0.39 is 16.7 Å². The minimum atomic E-state index is -2.84. The fraction of sp³-hybridized carbons (Fsp3) is 0.188. The Kier molecular flexibility index (Phi) is 5.39. The molecule has 1 amide bonds. The Morgan fingerprint density at radius 2 is 1.76 bits per heavy atom. The summed E-state index contributed by atoms with van der Waals surface area (Å²) in [6, 6.07) is 9.52. The SMILES string of the molecule is O=C(Nc1ccc(Cl)c(Cl)c1)c1cc(N2CCCS2(O)O)ccc1Cl. The number of nitrogens with one attached hydrogen (secondary N) is 1.